The molecule has 19 heavy (non-hydrogen) atoms. The van der Waals surface area contributed by atoms with Crippen LogP contribution in [0.5, 0.6) is 0 Å². The van der Waals surface area contributed by atoms with Crippen LogP contribution in [-0.2, 0) is 4.74 Å². The lowest BCUT2D eigenvalue weighted by atomic mass is 9.87. The Bertz CT molecular complexity index is 588. The van der Waals surface area contributed by atoms with Gasteiger partial charge in [-0.25, -0.2) is 4.79 Å². The maximum atomic E-state index is 12.2. The molecular weight excluding hydrogens is 242 g/mol. The first kappa shape index (κ1) is 13.5. The van der Waals surface area contributed by atoms with E-state index < -0.39 is 5.97 Å². The predicted molar refractivity (Wildman–Crippen MR) is 72.2 cm³/mol. The molecule has 1 aromatic heterocycles. The fourth-order valence-corrected chi connectivity index (χ4v) is 2.37. The van der Waals surface area contributed by atoms with E-state index in [2.05, 4.69) is 4.98 Å². The Balaban J connectivity index is 2.64. The Morgan fingerprint density at radius 3 is 2.74 bits per heavy atom. The number of hydrogen-bond acceptors (Lipinski definition) is 4. The number of hydrogen-bond donors (Lipinski definition) is 0. The van der Waals surface area contributed by atoms with Crippen molar-refractivity contribution in [1.82, 2.24) is 4.98 Å². The van der Waals surface area contributed by atoms with Crippen LogP contribution in [0, 0.1) is 19.8 Å². The number of ketones is 1. The third kappa shape index (κ3) is 2.18. The molecule has 0 saturated heterocycles. The van der Waals surface area contributed by atoms with Crippen molar-refractivity contribution in [3.63, 3.8) is 0 Å². The largest absolute Gasteiger partial charge is 0.462 e. The van der Waals surface area contributed by atoms with Gasteiger partial charge in [0.15, 0.2) is 5.78 Å². The molecule has 4 nitrogen and oxygen atoms in total. The van der Waals surface area contributed by atoms with Crippen molar-refractivity contribution in [2.75, 3.05) is 6.61 Å². The third-order valence-electron chi connectivity index (χ3n) is 3.34. The zero-order valence-corrected chi connectivity index (χ0v) is 11.6. The molecule has 0 fully saturated rings. The summed E-state index contributed by atoms with van der Waals surface area (Å²) >= 11 is 0. The second-order valence-electron chi connectivity index (χ2n) is 4.69. The van der Waals surface area contributed by atoms with Crippen molar-refractivity contribution in [3.05, 3.63) is 34.2 Å². The second kappa shape index (κ2) is 4.96. The summed E-state index contributed by atoms with van der Waals surface area (Å²) < 4.78 is 5.03. The Kier molecular flexibility index (Phi) is 3.51. The summed E-state index contributed by atoms with van der Waals surface area (Å²) in [5.41, 5.74) is 2.87. The van der Waals surface area contributed by atoms with Crippen LogP contribution in [0.2, 0.25) is 0 Å². The van der Waals surface area contributed by atoms with Gasteiger partial charge in [-0.2, -0.15) is 0 Å². The minimum atomic E-state index is -0.414. The van der Waals surface area contributed by atoms with Crippen LogP contribution >= 0.6 is 0 Å². The molecule has 1 aromatic rings. The molecule has 1 aliphatic carbocycles. The molecule has 0 spiro atoms. The first-order valence-corrected chi connectivity index (χ1v) is 6.38. The maximum Gasteiger partial charge on any atom is 0.340 e. The minimum absolute atomic E-state index is 0.00745. The first-order chi connectivity index (χ1) is 8.97. The highest BCUT2D eigenvalue weighted by Crippen LogP contribution is 2.28. The summed E-state index contributed by atoms with van der Waals surface area (Å²) in [5, 5.41) is 0. The fourth-order valence-electron chi connectivity index (χ4n) is 2.37. The highest BCUT2D eigenvalue weighted by atomic mass is 16.5. The van der Waals surface area contributed by atoms with E-state index in [1.54, 1.807) is 20.8 Å². The van der Waals surface area contributed by atoms with Crippen molar-refractivity contribution in [3.8, 4) is 0 Å². The second-order valence-corrected chi connectivity index (χ2v) is 4.69. The standard InChI is InChI=1S/C15H17NO3/c1-5-19-15(18)12-9(3)13-11(16-10(12)4)7-6-8(2)14(13)17/h6-8H,5H2,1-4H3. The van der Waals surface area contributed by atoms with Crippen molar-refractivity contribution in [2.45, 2.75) is 27.7 Å². The lowest BCUT2D eigenvalue weighted by Crippen LogP contribution is -2.21. The van der Waals surface area contributed by atoms with E-state index in [1.807, 2.05) is 19.1 Å². The number of fused-ring (bicyclic) bond motifs is 1. The van der Waals surface area contributed by atoms with Crippen molar-refractivity contribution in [2.24, 2.45) is 5.92 Å². The van der Waals surface area contributed by atoms with Crippen molar-refractivity contribution in [1.29, 1.82) is 0 Å². The van der Waals surface area contributed by atoms with Crippen LogP contribution in [0.3, 0.4) is 0 Å². The van der Waals surface area contributed by atoms with E-state index >= 15 is 0 Å². The van der Waals surface area contributed by atoms with Crippen LogP contribution < -0.4 is 0 Å². The third-order valence-corrected chi connectivity index (χ3v) is 3.34. The Morgan fingerprint density at radius 2 is 2.11 bits per heavy atom. The number of aromatic nitrogens is 1. The van der Waals surface area contributed by atoms with Crippen LogP contribution in [0.1, 0.15) is 51.5 Å². The van der Waals surface area contributed by atoms with Gasteiger partial charge in [0.25, 0.3) is 0 Å². The molecule has 4 heteroatoms. The van der Waals surface area contributed by atoms with E-state index in [-0.39, 0.29) is 11.7 Å². The monoisotopic (exact) mass is 259 g/mol. The van der Waals surface area contributed by atoms with Crippen LogP contribution in [0.4, 0.5) is 0 Å². The minimum Gasteiger partial charge on any atom is -0.462 e. The number of nitrogens with zero attached hydrogens (tertiary/aromatic N) is 1. The van der Waals surface area contributed by atoms with Gasteiger partial charge in [-0.05, 0) is 32.4 Å². The maximum absolute atomic E-state index is 12.2. The molecule has 1 aliphatic rings. The van der Waals surface area contributed by atoms with Crippen molar-refractivity contribution >= 4 is 17.8 Å². The summed E-state index contributed by atoms with van der Waals surface area (Å²) in [7, 11) is 0. The lowest BCUT2D eigenvalue weighted by molar-refractivity contribution is 0.0524. The van der Waals surface area contributed by atoms with E-state index in [4.69, 9.17) is 4.74 Å². The molecule has 0 aliphatic heterocycles. The Labute approximate surface area is 112 Å². The van der Waals surface area contributed by atoms with E-state index in [0.717, 1.165) is 0 Å². The van der Waals surface area contributed by atoms with Gasteiger partial charge in [0, 0.05) is 11.5 Å². The summed E-state index contributed by atoms with van der Waals surface area (Å²) in [6.07, 6.45) is 3.68. The predicted octanol–water partition coefficient (Wildman–Crippen LogP) is 2.72. The zero-order valence-electron chi connectivity index (χ0n) is 11.6. The number of carbonyl (C=O) groups excluding carboxylic acids is 2. The Hall–Kier alpha value is -1.97. The molecule has 1 unspecified atom stereocenters. The summed E-state index contributed by atoms with van der Waals surface area (Å²) in [5.74, 6) is -0.582. The molecule has 0 radical (unpaired) electrons. The van der Waals surface area contributed by atoms with Gasteiger partial charge in [-0.15, -0.1) is 0 Å². The Morgan fingerprint density at radius 1 is 1.42 bits per heavy atom. The van der Waals surface area contributed by atoms with Gasteiger partial charge in [-0.1, -0.05) is 13.0 Å². The SMILES string of the molecule is CCOC(=O)c1c(C)nc2c(c1C)C(=O)C(C)C=C2. The highest BCUT2D eigenvalue weighted by Gasteiger charge is 2.27. The summed E-state index contributed by atoms with van der Waals surface area (Å²) in [6, 6.07) is 0. The van der Waals surface area contributed by atoms with Crippen LogP contribution in [-0.4, -0.2) is 23.3 Å². The van der Waals surface area contributed by atoms with Crippen LogP contribution in [0.15, 0.2) is 6.08 Å². The van der Waals surface area contributed by atoms with Gasteiger partial charge in [0.2, 0.25) is 0 Å². The van der Waals surface area contributed by atoms with Gasteiger partial charge >= 0.3 is 5.97 Å². The highest BCUT2D eigenvalue weighted by molar-refractivity contribution is 6.07. The average Bonchev–Trinajstić information content (AvgIpc) is 2.34. The van der Waals surface area contributed by atoms with E-state index in [9.17, 15) is 9.59 Å². The molecule has 0 saturated carbocycles. The zero-order chi connectivity index (χ0) is 14.2. The van der Waals surface area contributed by atoms with Gasteiger partial charge < -0.3 is 4.74 Å². The number of allylic oxidation sites excluding steroid dienone is 1. The number of aryl methyl sites for hydroxylation is 1. The number of pyridine rings is 1. The van der Waals surface area contributed by atoms with Gasteiger partial charge in [-0.3, -0.25) is 9.78 Å². The molecule has 2 rings (SSSR count). The number of esters is 1. The lowest BCUT2D eigenvalue weighted by Gasteiger charge is -2.19. The number of ether oxygens (including phenoxy) is 1. The van der Waals surface area contributed by atoms with Crippen molar-refractivity contribution < 1.29 is 14.3 Å². The van der Waals surface area contributed by atoms with Crippen LogP contribution in [0.25, 0.3) is 6.08 Å². The van der Waals surface area contributed by atoms with E-state index in [1.165, 1.54) is 0 Å². The molecule has 100 valence electrons. The quantitative estimate of drug-likeness (QED) is 0.766. The molecule has 0 bridgehead atoms. The molecule has 1 heterocycles. The molecule has 0 aromatic carbocycles. The molecule has 0 N–H and O–H groups in total. The first-order valence-electron chi connectivity index (χ1n) is 6.38. The van der Waals surface area contributed by atoms with Gasteiger partial charge in [0.1, 0.15) is 0 Å². The smallest absolute Gasteiger partial charge is 0.340 e. The number of rotatable bonds is 2. The number of Topliss-reactive ketones (excluding diaryl/α,β-unsaturated/α-hetero) is 1. The topological polar surface area (TPSA) is 56.3 Å². The molecular formula is C15H17NO3. The fraction of sp³-hybridized carbons (Fsp3) is 0.400. The van der Waals surface area contributed by atoms with Gasteiger partial charge in [0.05, 0.1) is 23.6 Å². The summed E-state index contributed by atoms with van der Waals surface area (Å²) in [6.45, 7) is 7.44. The summed E-state index contributed by atoms with van der Waals surface area (Å²) in [4.78, 5) is 28.6. The average molecular weight is 259 g/mol. The molecule has 0 amide bonds. The number of carbonyl (C=O) groups is 2. The van der Waals surface area contributed by atoms with E-state index in [0.29, 0.717) is 34.7 Å². The molecule has 1 atom stereocenters. The normalized spacial score (nSPS) is 17.3.